The maximum atomic E-state index is 13.9. The first-order valence-electron chi connectivity index (χ1n) is 6.24. The van der Waals surface area contributed by atoms with Crippen molar-refractivity contribution in [2.45, 2.75) is 0 Å². The first-order valence-corrected chi connectivity index (χ1v) is 6.61. The van der Waals surface area contributed by atoms with Crippen LogP contribution in [-0.4, -0.2) is 0 Å². The largest absolute Gasteiger partial charge is 0.454 e. The predicted octanol–water partition coefficient (Wildman–Crippen LogP) is 5.30. The lowest BCUT2D eigenvalue weighted by molar-refractivity contribution is 0.446. The molecule has 0 heterocycles. The van der Waals surface area contributed by atoms with Crippen molar-refractivity contribution < 1.29 is 9.13 Å². The van der Waals surface area contributed by atoms with E-state index in [0.29, 0.717) is 10.8 Å². The number of nitrogens with zero attached hydrogens (tertiary/aromatic N) is 1. The van der Waals surface area contributed by atoms with E-state index in [1.807, 2.05) is 30.3 Å². The molecular formula is C17H9ClFNO. The van der Waals surface area contributed by atoms with E-state index < -0.39 is 5.82 Å². The van der Waals surface area contributed by atoms with E-state index >= 15 is 0 Å². The highest BCUT2D eigenvalue weighted by molar-refractivity contribution is 6.35. The van der Waals surface area contributed by atoms with Crippen molar-refractivity contribution in [3.8, 4) is 17.6 Å². The van der Waals surface area contributed by atoms with Gasteiger partial charge in [-0.25, -0.2) is 4.39 Å². The fraction of sp³-hybridized carbons (Fsp3) is 0. The van der Waals surface area contributed by atoms with Crippen LogP contribution in [0.1, 0.15) is 5.56 Å². The molecule has 3 aromatic carbocycles. The summed E-state index contributed by atoms with van der Waals surface area (Å²) in [6, 6.07) is 16.9. The Hall–Kier alpha value is -2.57. The Kier molecular flexibility index (Phi) is 3.47. The molecule has 102 valence electrons. The van der Waals surface area contributed by atoms with Crippen LogP contribution in [0.2, 0.25) is 5.02 Å². The highest BCUT2D eigenvalue weighted by Crippen LogP contribution is 2.34. The average molecular weight is 298 g/mol. The fourth-order valence-electron chi connectivity index (χ4n) is 2.10. The lowest BCUT2D eigenvalue weighted by Gasteiger charge is -2.10. The Morgan fingerprint density at radius 2 is 1.67 bits per heavy atom. The molecule has 0 saturated heterocycles. The van der Waals surface area contributed by atoms with Gasteiger partial charge >= 0.3 is 0 Å². The van der Waals surface area contributed by atoms with Crippen LogP contribution in [-0.2, 0) is 0 Å². The molecule has 0 atom stereocenters. The number of hydrogen-bond acceptors (Lipinski definition) is 2. The molecule has 21 heavy (non-hydrogen) atoms. The van der Waals surface area contributed by atoms with Gasteiger partial charge in [0.2, 0.25) is 0 Å². The van der Waals surface area contributed by atoms with Gasteiger partial charge in [0.15, 0.2) is 11.6 Å². The van der Waals surface area contributed by atoms with Gasteiger partial charge in [-0.1, -0.05) is 35.9 Å². The Balaban J connectivity index is 2.07. The quantitative estimate of drug-likeness (QED) is 0.643. The normalized spacial score (nSPS) is 10.3. The van der Waals surface area contributed by atoms with Gasteiger partial charge in [0, 0.05) is 15.8 Å². The van der Waals surface area contributed by atoms with Crippen molar-refractivity contribution in [3.63, 3.8) is 0 Å². The summed E-state index contributed by atoms with van der Waals surface area (Å²) >= 11 is 6.14. The molecule has 3 rings (SSSR count). The summed E-state index contributed by atoms with van der Waals surface area (Å²) in [5.41, 5.74) is 0.251. The minimum atomic E-state index is -0.576. The van der Waals surface area contributed by atoms with Gasteiger partial charge in [-0.15, -0.1) is 0 Å². The molecule has 0 N–H and O–H groups in total. The smallest absolute Gasteiger partial charge is 0.167 e. The molecule has 0 aliphatic heterocycles. The van der Waals surface area contributed by atoms with Gasteiger partial charge in [-0.3, -0.25) is 0 Å². The summed E-state index contributed by atoms with van der Waals surface area (Å²) in [7, 11) is 0. The van der Waals surface area contributed by atoms with Gasteiger partial charge in [0.1, 0.15) is 5.75 Å². The van der Waals surface area contributed by atoms with Crippen LogP contribution in [0.3, 0.4) is 0 Å². The van der Waals surface area contributed by atoms with Gasteiger partial charge < -0.3 is 4.74 Å². The number of ether oxygens (including phenoxy) is 1. The lowest BCUT2D eigenvalue weighted by atomic mass is 10.1. The molecule has 4 heteroatoms. The van der Waals surface area contributed by atoms with Crippen LogP contribution in [0, 0.1) is 17.1 Å². The molecule has 0 amide bonds. The first kappa shape index (κ1) is 13.4. The summed E-state index contributed by atoms with van der Waals surface area (Å²) in [4.78, 5) is 0. The van der Waals surface area contributed by atoms with Gasteiger partial charge in [-0.2, -0.15) is 5.26 Å². The number of hydrogen-bond donors (Lipinski definition) is 0. The topological polar surface area (TPSA) is 33.0 Å². The summed E-state index contributed by atoms with van der Waals surface area (Å²) < 4.78 is 19.5. The Morgan fingerprint density at radius 3 is 2.38 bits per heavy atom. The number of halogens is 2. The molecule has 0 unspecified atom stereocenters. The van der Waals surface area contributed by atoms with Crippen LogP contribution in [0.4, 0.5) is 4.39 Å². The zero-order chi connectivity index (χ0) is 14.8. The van der Waals surface area contributed by atoms with E-state index in [-0.39, 0.29) is 11.3 Å². The monoisotopic (exact) mass is 297 g/mol. The van der Waals surface area contributed by atoms with Gasteiger partial charge in [-0.05, 0) is 30.3 Å². The zero-order valence-electron chi connectivity index (χ0n) is 10.8. The first-order chi connectivity index (χ1) is 10.2. The van der Waals surface area contributed by atoms with Gasteiger partial charge in [0.05, 0.1) is 11.6 Å². The third-order valence-corrected chi connectivity index (χ3v) is 3.44. The summed E-state index contributed by atoms with van der Waals surface area (Å²) in [6.45, 7) is 0. The van der Waals surface area contributed by atoms with E-state index in [0.717, 1.165) is 16.8 Å². The van der Waals surface area contributed by atoms with Crippen LogP contribution in [0.25, 0.3) is 10.8 Å². The van der Waals surface area contributed by atoms with E-state index in [2.05, 4.69) is 0 Å². The van der Waals surface area contributed by atoms with Crippen molar-refractivity contribution in [1.82, 2.24) is 0 Å². The van der Waals surface area contributed by atoms with E-state index in [9.17, 15) is 4.39 Å². The van der Waals surface area contributed by atoms with Crippen molar-refractivity contribution in [1.29, 1.82) is 5.26 Å². The summed E-state index contributed by atoms with van der Waals surface area (Å²) in [6.07, 6.45) is 0. The molecule has 0 aliphatic carbocycles. The maximum Gasteiger partial charge on any atom is 0.167 e. The van der Waals surface area contributed by atoms with E-state index in [4.69, 9.17) is 21.6 Å². The van der Waals surface area contributed by atoms with E-state index in [1.54, 1.807) is 12.1 Å². The molecule has 0 aromatic heterocycles. The molecule has 0 spiro atoms. The second kappa shape index (κ2) is 5.43. The minimum Gasteiger partial charge on any atom is -0.454 e. The number of fused-ring (bicyclic) bond motifs is 1. The molecular weight excluding hydrogens is 289 g/mol. The molecule has 2 nitrogen and oxygen atoms in total. The Morgan fingerprint density at radius 1 is 0.952 bits per heavy atom. The molecule has 0 radical (unpaired) electrons. The van der Waals surface area contributed by atoms with Crippen molar-refractivity contribution >= 4 is 22.4 Å². The third kappa shape index (κ3) is 2.54. The van der Waals surface area contributed by atoms with Crippen molar-refractivity contribution in [3.05, 3.63) is 71.0 Å². The molecule has 0 aliphatic rings. The van der Waals surface area contributed by atoms with Crippen LogP contribution >= 0.6 is 11.6 Å². The fourth-order valence-corrected chi connectivity index (χ4v) is 2.32. The molecule has 3 aromatic rings. The summed E-state index contributed by atoms with van der Waals surface area (Å²) in [5, 5.41) is 11.0. The summed E-state index contributed by atoms with van der Waals surface area (Å²) in [5.74, 6) is 0.00756. The van der Waals surface area contributed by atoms with Crippen molar-refractivity contribution in [2.75, 3.05) is 0 Å². The van der Waals surface area contributed by atoms with Crippen LogP contribution in [0.15, 0.2) is 54.6 Å². The Bertz CT molecular complexity index is 870. The molecule has 0 fully saturated rings. The number of benzene rings is 3. The van der Waals surface area contributed by atoms with Gasteiger partial charge in [0.25, 0.3) is 0 Å². The lowest BCUT2D eigenvalue weighted by Crippen LogP contribution is -1.90. The average Bonchev–Trinajstić information content (AvgIpc) is 2.52. The van der Waals surface area contributed by atoms with Crippen LogP contribution in [0.5, 0.6) is 11.5 Å². The highest BCUT2D eigenvalue weighted by atomic mass is 35.5. The van der Waals surface area contributed by atoms with Crippen molar-refractivity contribution in [2.24, 2.45) is 0 Å². The second-order valence-corrected chi connectivity index (χ2v) is 4.86. The second-order valence-electron chi connectivity index (χ2n) is 4.45. The molecule has 0 bridgehead atoms. The van der Waals surface area contributed by atoms with E-state index in [1.165, 1.54) is 12.1 Å². The third-order valence-electron chi connectivity index (χ3n) is 3.11. The Labute approximate surface area is 126 Å². The minimum absolute atomic E-state index is 0.0708. The number of rotatable bonds is 2. The standard InChI is InChI=1S/C17H9ClFNO/c18-14-6-8-16(13-4-2-1-3-12(13)14)21-17-7-5-11(10-20)9-15(17)19/h1-9H. The SMILES string of the molecule is N#Cc1ccc(Oc2ccc(Cl)c3ccccc23)c(F)c1. The predicted molar refractivity (Wildman–Crippen MR) is 80.1 cm³/mol. The highest BCUT2D eigenvalue weighted by Gasteiger charge is 2.10. The van der Waals surface area contributed by atoms with Crippen LogP contribution < -0.4 is 4.74 Å². The number of nitriles is 1. The maximum absolute atomic E-state index is 13.9. The molecule has 0 saturated carbocycles. The zero-order valence-corrected chi connectivity index (χ0v) is 11.6.